The molecule has 2 fully saturated rings. The largest absolute Gasteiger partial charge is 0.502 e. The number of nitrogens with one attached hydrogen (secondary N) is 3. The van der Waals surface area contributed by atoms with E-state index < -0.39 is 57.2 Å². The van der Waals surface area contributed by atoms with Crippen LogP contribution in [0.2, 0.25) is 0 Å². The van der Waals surface area contributed by atoms with E-state index in [9.17, 15) is 33.1 Å². The Balaban J connectivity index is 1.47. The lowest BCUT2D eigenvalue weighted by Gasteiger charge is -2.56. The molecule has 2 aromatic rings. The summed E-state index contributed by atoms with van der Waals surface area (Å²) >= 11 is 0.554. The minimum absolute atomic E-state index is 0.0343. The van der Waals surface area contributed by atoms with Gasteiger partial charge in [-0.15, -0.1) is 0 Å². The SMILES string of the molecule is CN1C(=O)c2c(O)c(=O)c(C(=N)SC(=N)Cc3ccc(F)cc3F)cn2N(C)C12CCC1C(=O)NC(=O)C1C2. The predicted molar refractivity (Wildman–Crippen MR) is 138 cm³/mol. The summed E-state index contributed by atoms with van der Waals surface area (Å²) in [5.74, 6) is -5.07. The average molecular weight is 559 g/mol. The number of aromatic nitrogens is 1. The number of benzene rings is 1. The Labute approximate surface area is 224 Å². The number of nitrogens with zero attached hydrogens (tertiary/aromatic N) is 3. The molecule has 5 rings (SSSR count). The minimum Gasteiger partial charge on any atom is -0.502 e. The first kappa shape index (κ1) is 26.5. The molecule has 11 nitrogen and oxygen atoms in total. The Morgan fingerprint density at radius 1 is 1.15 bits per heavy atom. The number of amides is 3. The fourth-order valence-corrected chi connectivity index (χ4v) is 6.41. The number of pyridine rings is 1. The Bertz CT molecular complexity index is 1540. The first-order chi connectivity index (χ1) is 18.4. The Hall–Kier alpha value is -4.07. The van der Waals surface area contributed by atoms with Crippen LogP contribution in [0.3, 0.4) is 0 Å². The zero-order chi connectivity index (χ0) is 28.4. The van der Waals surface area contributed by atoms with Gasteiger partial charge in [0.1, 0.15) is 22.3 Å². The second-order valence-electron chi connectivity index (χ2n) is 9.86. The van der Waals surface area contributed by atoms with E-state index in [0.717, 1.165) is 6.07 Å². The van der Waals surface area contributed by atoms with Crippen LogP contribution in [-0.4, -0.2) is 62.2 Å². The summed E-state index contributed by atoms with van der Waals surface area (Å²) in [5, 5.41) is 30.7. The van der Waals surface area contributed by atoms with E-state index >= 15 is 0 Å². The second-order valence-corrected chi connectivity index (χ2v) is 11.0. The summed E-state index contributed by atoms with van der Waals surface area (Å²) in [7, 11) is 3.12. The Kier molecular flexibility index (Phi) is 6.32. The van der Waals surface area contributed by atoms with E-state index in [2.05, 4.69) is 5.32 Å². The molecular weight excluding hydrogens is 534 g/mol. The summed E-state index contributed by atoms with van der Waals surface area (Å²) in [6, 6.07) is 2.92. The summed E-state index contributed by atoms with van der Waals surface area (Å²) in [4.78, 5) is 52.4. The van der Waals surface area contributed by atoms with Gasteiger partial charge in [-0.05, 0) is 24.5 Å². The zero-order valence-corrected chi connectivity index (χ0v) is 21.7. The molecule has 3 heterocycles. The van der Waals surface area contributed by atoms with Gasteiger partial charge in [0.15, 0.2) is 11.4 Å². The van der Waals surface area contributed by atoms with Crippen LogP contribution < -0.4 is 15.8 Å². The van der Waals surface area contributed by atoms with E-state index in [1.54, 1.807) is 12.1 Å². The maximum absolute atomic E-state index is 14.0. The fraction of sp³-hybridized carbons (Fsp3) is 0.360. The number of carbonyl (C=O) groups excluding carboxylic acids is 3. The van der Waals surface area contributed by atoms with Crippen molar-refractivity contribution < 1.29 is 28.3 Å². The number of thioether (sulfide) groups is 1. The number of aromatic hydroxyl groups is 1. The summed E-state index contributed by atoms with van der Waals surface area (Å²) in [6.07, 6.45) is 1.76. The number of halogens is 2. The highest BCUT2D eigenvalue weighted by molar-refractivity contribution is 8.26. The molecule has 1 saturated carbocycles. The predicted octanol–water partition coefficient (Wildman–Crippen LogP) is 1.53. The van der Waals surface area contributed by atoms with Gasteiger partial charge in [0.05, 0.1) is 22.4 Å². The molecule has 2 aliphatic heterocycles. The van der Waals surface area contributed by atoms with Gasteiger partial charge in [-0.2, -0.15) is 0 Å². The van der Waals surface area contributed by atoms with Crippen LogP contribution in [0.25, 0.3) is 0 Å². The van der Waals surface area contributed by atoms with Gasteiger partial charge in [0.25, 0.3) is 5.91 Å². The van der Waals surface area contributed by atoms with Crippen molar-refractivity contribution in [3.8, 4) is 5.75 Å². The van der Waals surface area contributed by atoms with E-state index in [-0.39, 0.29) is 40.6 Å². The lowest BCUT2D eigenvalue weighted by atomic mass is 9.73. The molecule has 1 spiro atoms. The molecule has 1 saturated heterocycles. The molecule has 14 heteroatoms. The molecule has 1 aliphatic carbocycles. The minimum atomic E-state index is -1.06. The zero-order valence-electron chi connectivity index (χ0n) is 20.9. The van der Waals surface area contributed by atoms with Crippen molar-refractivity contribution in [2.75, 3.05) is 19.1 Å². The van der Waals surface area contributed by atoms with Gasteiger partial charge >= 0.3 is 0 Å². The van der Waals surface area contributed by atoms with E-state index in [1.807, 2.05) is 0 Å². The van der Waals surface area contributed by atoms with Crippen molar-refractivity contribution >= 4 is 39.6 Å². The van der Waals surface area contributed by atoms with Crippen molar-refractivity contribution in [3.63, 3.8) is 0 Å². The van der Waals surface area contributed by atoms with Gasteiger partial charge in [0, 0.05) is 39.2 Å². The quantitative estimate of drug-likeness (QED) is 0.253. The highest BCUT2D eigenvalue weighted by Crippen LogP contribution is 2.45. The molecule has 1 aromatic heterocycles. The summed E-state index contributed by atoms with van der Waals surface area (Å²) < 4.78 is 28.5. The van der Waals surface area contributed by atoms with Crippen LogP contribution in [0.5, 0.6) is 5.75 Å². The van der Waals surface area contributed by atoms with E-state index in [1.165, 1.54) is 28.9 Å². The topological polar surface area (TPSA) is 160 Å². The lowest BCUT2D eigenvalue weighted by molar-refractivity contribution is -0.126. The molecule has 0 radical (unpaired) electrons. The van der Waals surface area contributed by atoms with Crippen LogP contribution in [0, 0.1) is 34.3 Å². The normalized spacial score (nSPS) is 24.1. The van der Waals surface area contributed by atoms with Gasteiger partial charge in [-0.3, -0.25) is 45.0 Å². The van der Waals surface area contributed by atoms with Gasteiger partial charge in [-0.1, -0.05) is 17.8 Å². The maximum Gasteiger partial charge on any atom is 0.278 e. The molecule has 1 aromatic carbocycles. The van der Waals surface area contributed by atoms with Crippen molar-refractivity contribution in [2.24, 2.45) is 11.8 Å². The Morgan fingerprint density at radius 3 is 2.54 bits per heavy atom. The van der Waals surface area contributed by atoms with Gasteiger partial charge in [-0.25, -0.2) is 8.78 Å². The number of imide groups is 1. The third kappa shape index (κ3) is 4.09. The first-order valence-corrected chi connectivity index (χ1v) is 12.8. The third-order valence-corrected chi connectivity index (χ3v) is 8.68. The van der Waals surface area contributed by atoms with Crippen LogP contribution in [0.1, 0.15) is 40.9 Å². The molecule has 204 valence electrons. The molecule has 3 atom stereocenters. The molecule has 39 heavy (non-hydrogen) atoms. The molecule has 3 aliphatic rings. The van der Waals surface area contributed by atoms with Crippen LogP contribution in [-0.2, 0) is 16.0 Å². The third-order valence-electron chi connectivity index (χ3n) is 7.87. The molecule has 3 unspecified atom stereocenters. The smallest absolute Gasteiger partial charge is 0.278 e. The highest BCUT2D eigenvalue weighted by Gasteiger charge is 2.57. The number of carbonyl (C=O) groups is 3. The fourth-order valence-electron chi connectivity index (χ4n) is 5.68. The number of hydrogen-bond donors (Lipinski definition) is 4. The molecule has 4 N–H and O–H groups in total. The molecular formula is C25H24F2N6O5S. The maximum atomic E-state index is 14.0. The van der Waals surface area contributed by atoms with Gasteiger partial charge < -0.3 is 10.0 Å². The highest BCUT2D eigenvalue weighted by atomic mass is 32.2. The second kappa shape index (κ2) is 9.29. The van der Waals surface area contributed by atoms with Crippen LogP contribution in [0.4, 0.5) is 8.78 Å². The standard InChI is InChI=1S/C25H24F2N6O5S/c1-31-24(38)18-20(35)19(34)15(21(29)39-17(28)7-11-3-4-12(26)8-16(11)27)10-33(18)32(2)25(31)6-5-13-14(9-25)23(37)30-22(13)36/h3-4,8,10,13-14,28-29,35H,5-7,9H2,1-2H3,(H,30,36,37). The molecule has 0 bridgehead atoms. The summed E-state index contributed by atoms with van der Waals surface area (Å²) in [6.45, 7) is 0. The van der Waals surface area contributed by atoms with Crippen molar-refractivity contribution in [3.05, 3.63) is 63.1 Å². The average Bonchev–Trinajstić information content (AvgIpc) is 3.17. The van der Waals surface area contributed by atoms with Crippen molar-refractivity contribution in [2.45, 2.75) is 31.3 Å². The lowest BCUT2D eigenvalue weighted by Crippen LogP contribution is -2.70. The molecule has 3 amide bonds. The van der Waals surface area contributed by atoms with Crippen molar-refractivity contribution in [1.82, 2.24) is 14.9 Å². The number of fused-ring (bicyclic) bond motifs is 2. The first-order valence-electron chi connectivity index (χ1n) is 12.0. The van der Waals surface area contributed by atoms with Crippen molar-refractivity contribution in [1.29, 1.82) is 10.8 Å². The van der Waals surface area contributed by atoms with Crippen LogP contribution >= 0.6 is 11.8 Å². The van der Waals surface area contributed by atoms with E-state index in [4.69, 9.17) is 10.8 Å². The van der Waals surface area contributed by atoms with Crippen LogP contribution in [0.15, 0.2) is 29.2 Å². The monoisotopic (exact) mass is 558 g/mol. The number of hydrogen-bond acceptors (Lipinski definition) is 9. The van der Waals surface area contributed by atoms with E-state index in [0.29, 0.717) is 30.7 Å². The number of rotatable bonds is 3. The van der Waals surface area contributed by atoms with Gasteiger partial charge in [0.2, 0.25) is 17.2 Å². The summed E-state index contributed by atoms with van der Waals surface area (Å²) in [5.41, 5.74) is -2.64. The Morgan fingerprint density at radius 2 is 1.85 bits per heavy atom.